The van der Waals surface area contributed by atoms with Gasteiger partial charge in [0.15, 0.2) is 0 Å². The number of nitrogens with zero attached hydrogens (tertiary/aromatic N) is 3. The summed E-state index contributed by atoms with van der Waals surface area (Å²) in [4.78, 5) is 31.1. The van der Waals surface area contributed by atoms with Crippen molar-refractivity contribution in [2.45, 2.75) is 52.7 Å². The molecule has 2 amide bonds. The molecule has 0 radical (unpaired) electrons. The summed E-state index contributed by atoms with van der Waals surface area (Å²) in [6.45, 7) is 8.81. The highest BCUT2D eigenvalue weighted by atomic mass is 16.5. The Hall–Kier alpha value is -2.41. The topological polar surface area (TPSA) is 76.5 Å². The Balaban J connectivity index is 2.23. The summed E-state index contributed by atoms with van der Waals surface area (Å²) < 4.78 is 6.78. The monoisotopic (exact) mass is 374 g/mol. The average Bonchev–Trinajstić information content (AvgIpc) is 2.92. The van der Waals surface area contributed by atoms with Crippen LogP contribution in [0.25, 0.3) is 11.0 Å². The van der Waals surface area contributed by atoms with Gasteiger partial charge >= 0.3 is 0 Å². The van der Waals surface area contributed by atoms with Crippen LogP contribution in [0.1, 0.15) is 33.5 Å². The van der Waals surface area contributed by atoms with E-state index in [0.717, 1.165) is 16.9 Å². The van der Waals surface area contributed by atoms with E-state index >= 15 is 0 Å². The van der Waals surface area contributed by atoms with Crippen molar-refractivity contribution in [2.75, 3.05) is 20.3 Å². The van der Waals surface area contributed by atoms with E-state index in [9.17, 15) is 9.59 Å². The van der Waals surface area contributed by atoms with Gasteiger partial charge in [-0.3, -0.25) is 9.59 Å². The van der Waals surface area contributed by atoms with Gasteiger partial charge in [-0.2, -0.15) is 0 Å². The van der Waals surface area contributed by atoms with Crippen molar-refractivity contribution in [1.82, 2.24) is 19.8 Å². The average molecular weight is 374 g/mol. The molecule has 1 N–H and O–H groups in total. The van der Waals surface area contributed by atoms with Gasteiger partial charge in [-0.25, -0.2) is 4.98 Å². The minimum absolute atomic E-state index is 0.0344. The van der Waals surface area contributed by atoms with Gasteiger partial charge in [-0.1, -0.05) is 12.1 Å². The van der Waals surface area contributed by atoms with Crippen LogP contribution in [-0.4, -0.2) is 58.6 Å². The van der Waals surface area contributed by atoms with Crippen LogP contribution < -0.4 is 5.32 Å². The molecule has 0 aliphatic heterocycles. The molecule has 0 bridgehead atoms. The lowest BCUT2D eigenvalue weighted by atomic mass is 10.2. The third-order valence-electron chi connectivity index (χ3n) is 4.37. The Bertz CT molecular complexity index is 775. The number of methoxy groups -OCH3 is 1. The number of ether oxygens (including phenoxy) is 1. The molecule has 7 heteroatoms. The molecule has 7 nitrogen and oxygen atoms in total. The molecule has 0 aliphatic rings. The lowest BCUT2D eigenvalue weighted by molar-refractivity contribution is -0.135. The summed E-state index contributed by atoms with van der Waals surface area (Å²) in [6, 6.07) is 8.04. The fourth-order valence-corrected chi connectivity index (χ4v) is 3.38. The normalized spacial score (nSPS) is 11.4. The highest BCUT2D eigenvalue weighted by Gasteiger charge is 2.22. The summed E-state index contributed by atoms with van der Waals surface area (Å²) >= 11 is 0. The molecular weight excluding hydrogens is 344 g/mol. The first-order valence-corrected chi connectivity index (χ1v) is 9.36. The van der Waals surface area contributed by atoms with E-state index < -0.39 is 0 Å². The number of hydrogen-bond acceptors (Lipinski definition) is 4. The minimum Gasteiger partial charge on any atom is -0.375 e. The second-order valence-electron chi connectivity index (χ2n) is 7.12. The predicted octanol–water partition coefficient (Wildman–Crippen LogP) is 1.99. The van der Waals surface area contributed by atoms with Crippen LogP contribution in [0.4, 0.5) is 0 Å². The van der Waals surface area contributed by atoms with Gasteiger partial charge in [0.2, 0.25) is 11.8 Å². The number of carbonyl (C=O) groups is 2. The molecule has 1 heterocycles. The minimum atomic E-state index is -0.165. The fraction of sp³-hybridized carbons (Fsp3) is 0.550. The fourth-order valence-electron chi connectivity index (χ4n) is 3.38. The van der Waals surface area contributed by atoms with Crippen LogP contribution in [0.3, 0.4) is 0 Å². The molecule has 0 unspecified atom stereocenters. The van der Waals surface area contributed by atoms with Crippen molar-refractivity contribution in [3.63, 3.8) is 0 Å². The van der Waals surface area contributed by atoms with Crippen molar-refractivity contribution in [2.24, 2.45) is 0 Å². The molecule has 148 valence electrons. The standard InChI is InChI=1S/C20H30N4O3/c1-14(2)24(15(3)4)20(26)12-23-17-9-7-6-8-16(17)22-18(23)10-11-21-19(25)13-27-5/h6-9,14-15H,10-13H2,1-5H3,(H,21,25). The van der Waals surface area contributed by atoms with Crippen LogP contribution in [0.2, 0.25) is 0 Å². The number of rotatable bonds is 9. The van der Waals surface area contributed by atoms with Crippen LogP contribution >= 0.6 is 0 Å². The van der Waals surface area contributed by atoms with Crippen molar-refractivity contribution in [3.05, 3.63) is 30.1 Å². The molecule has 2 rings (SSSR count). The zero-order valence-electron chi connectivity index (χ0n) is 16.9. The molecule has 27 heavy (non-hydrogen) atoms. The van der Waals surface area contributed by atoms with Gasteiger partial charge in [0, 0.05) is 32.2 Å². The number of para-hydroxylation sites is 2. The van der Waals surface area contributed by atoms with Crippen molar-refractivity contribution < 1.29 is 14.3 Å². The molecule has 0 fully saturated rings. The smallest absolute Gasteiger partial charge is 0.245 e. The second-order valence-corrected chi connectivity index (χ2v) is 7.12. The Morgan fingerprint density at radius 1 is 1.19 bits per heavy atom. The summed E-state index contributed by atoms with van der Waals surface area (Å²) in [6.07, 6.45) is 0.542. The molecular formula is C20H30N4O3. The molecule has 0 saturated heterocycles. The summed E-state index contributed by atoms with van der Waals surface area (Å²) in [7, 11) is 1.49. The number of nitrogens with one attached hydrogen (secondary N) is 1. The van der Waals surface area contributed by atoms with E-state index in [1.165, 1.54) is 7.11 Å². The zero-order chi connectivity index (χ0) is 20.0. The molecule has 2 aromatic rings. The SMILES string of the molecule is COCC(=O)NCCc1nc2ccccc2n1CC(=O)N(C(C)C)C(C)C. The maximum absolute atomic E-state index is 12.9. The Morgan fingerprint density at radius 3 is 2.48 bits per heavy atom. The van der Waals surface area contributed by atoms with E-state index in [4.69, 9.17) is 4.74 Å². The highest BCUT2D eigenvalue weighted by molar-refractivity contribution is 5.81. The summed E-state index contributed by atoms with van der Waals surface area (Å²) in [5.74, 6) is 0.685. The maximum Gasteiger partial charge on any atom is 0.245 e. The Kier molecular flexibility index (Phi) is 7.36. The van der Waals surface area contributed by atoms with E-state index in [1.807, 2.05) is 61.4 Å². The van der Waals surface area contributed by atoms with E-state index in [1.54, 1.807) is 0 Å². The van der Waals surface area contributed by atoms with E-state index in [2.05, 4.69) is 10.3 Å². The lowest BCUT2D eigenvalue weighted by Crippen LogP contribution is -2.43. The van der Waals surface area contributed by atoms with Gasteiger partial charge in [0.05, 0.1) is 11.0 Å². The Labute approximate surface area is 160 Å². The van der Waals surface area contributed by atoms with Crippen LogP contribution in [-0.2, 0) is 27.3 Å². The van der Waals surface area contributed by atoms with Gasteiger partial charge in [0.1, 0.15) is 19.0 Å². The van der Waals surface area contributed by atoms with Gasteiger partial charge in [-0.05, 0) is 39.8 Å². The number of hydrogen-bond donors (Lipinski definition) is 1. The van der Waals surface area contributed by atoms with E-state index in [0.29, 0.717) is 13.0 Å². The molecule has 0 spiro atoms. The number of fused-ring (bicyclic) bond motifs is 1. The number of benzene rings is 1. The van der Waals surface area contributed by atoms with E-state index in [-0.39, 0.29) is 37.0 Å². The number of imidazole rings is 1. The maximum atomic E-state index is 12.9. The first kappa shape index (κ1) is 20.9. The quantitative estimate of drug-likeness (QED) is 0.728. The molecule has 0 atom stereocenters. The van der Waals surface area contributed by atoms with Gasteiger partial charge in [-0.15, -0.1) is 0 Å². The van der Waals surface area contributed by atoms with Crippen LogP contribution in [0.15, 0.2) is 24.3 Å². The zero-order valence-corrected chi connectivity index (χ0v) is 16.9. The first-order chi connectivity index (χ1) is 12.8. The number of amides is 2. The third kappa shape index (κ3) is 5.29. The van der Waals surface area contributed by atoms with Gasteiger partial charge < -0.3 is 19.5 Å². The van der Waals surface area contributed by atoms with Crippen molar-refractivity contribution in [3.8, 4) is 0 Å². The molecule has 0 saturated carbocycles. The number of carbonyl (C=O) groups excluding carboxylic acids is 2. The predicted molar refractivity (Wildman–Crippen MR) is 105 cm³/mol. The molecule has 1 aromatic heterocycles. The lowest BCUT2D eigenvalue weighted by Gasteiger charge is -2.31. The first-order valence-electron chi connectivity index (χ1n) is 9.36. The van der Waals surface area contributed by atoms with Gasteiger partial charge in [0.25, 0.3) is 0 Å². The highest BCUT2D eigenvalue weighted by Crippen LogP contribution is 2.18. The summed E-state index contributed by atoms with van der Waals surface area (Å²) in [5.41, 5.74) is 1.78. The van der Waals surface area contributed by atoms with Crippen LogP contribution in [0, 0.1) is 0 Å². The summed E-state index contributed by atoms with van der Waals surface area (Å²) in [5, 5.41) is 2.80. The molecule has 1 aromatic carbocycles. The van der Waals surface area contributed by atoms with Crippen molar-refractivity contribution in [1.29, 1.82) is 0 Å². The largest absolute Gasteiger partial charge is 0.375 e. The Morgan fingerprint density at radius 2 is 1.85 bits per heavy atom. The second kappa shape index (κ2) is 9.50. The third-order valence-corrected chi connectivity index (χ3v) is 4.37. The molecule has 0 aliphatic carbocycles. The number of aromatic nitrogens is 2. The van der Waals surface area contributed by atoms with Crippen LogP contribution in [0.5, 0.6) is 0 Å². The van der Waals surface area contributed by atoms with Crippen molar-refractivity contribution >= 4 is 22.8 Å².